The van der Waals surface area contributed by atoms with E-state index in [1.807, 2.05) is 30.0 Å². The molecule has 0 saturated heterocycles. The quantitative estimate of drug-likeness (QED) is 0.908. The van der Waals surface area contributed by atoms with Crippen LogP contribution in [0.1, 0.15) is 25.7 Å². The van der Waals surface area contributed by atoms with Gasteiger partial charge in [-0.15, -0.1) is 0 Å². The third kappa shape index (κ3) is 2.79. The van der Waals surface area contributed by atoms with Gasteiger partial charge in [0.1, 0.15) is 5.75 Å². The molecule has 108 valence electrons. The molecule has 0 radical (unpaired) electrons. The first-order valence-corrected chi connectivity index (χ1v) is 8.08. The number of benzene rings is 1. The minimum atomic E-state index is 0.594. The molecule has 0 spiro atoms. The molecule has 2 atom stereocenters. The van der Waals surface area contributed by atoms with Gasteiger partial charge in [-0.05, 0) is 37.4 Å². The highest BCUT2D eigenvalue weighted by molar-refractivity contribution is 7.99. The van der Waals surface area contributed by atoms with Gasteiger partial charge >= 0.3 is 0 Å². The summed E-state index contributed by atoms with van der Waals surface area (Å²) < 4.78 is 5.24. The number of hydrogen-bond donors (Lipinski definition) is 2. The van der Waals surface area contributed by atoms with Crippen molar-refractivity contribution in [1.29, 1.82) is 0 Å². The van der Waals surface area contributed by atoms with Crippen LogP contribution in [0.5, 0.6) is 5.75 Å². The minimum absolute atomic E-state index is 0.594. The molecule has 4 nitrogen and oxygen atoms in total. The van der Waals surface area contributed by atoms with Gasteiger partial charge in [-0.2, -0.15) is 0 Å². The van der Waals surface area contributed by atoms with Crippen molar-refractivity contribution in [1.82, 2.24) is 9.97 Å². The van der Waals surface area contributed by atoms with Crippen LogP contribution in [0.25, 0.3) is 11.0 Å². The highest BCUT2D eigenvalue weighted by Gasteiger charge is 2.25. The molecule has 0 bridgehead atoms. The summed E-state index contributed by atoms with van der Waals surface area (Å²) in [5.41, 5.74) is 7.93. The number of methoxy groups -OCH3 is 1. The number of nitrogens with one attached hydrogen (secondary N) is 1. The molecule has 2 aromatic rings. The molecular formula is C15H21N3OS. The first-order valence-electron chi connectivity index (χ1n) is 7.20. The lowest BCUT2D eigenvalue weighted by atomic mass is 9.89. The van der Waals surface area contributed by atoms with Crippen molar-refractivity contribution < 1.29 is 4.74 Å². The number of hydrogen-bond acceptors (Lipinski definition) is 4. The van der Waals surface area contributed by atoms with E-state index in [1.54, 1.807) is 7.11 Å². The van der Waals surface area contributed by atoms with Crippen LogP contribution >= 0.6 is 11.8 Å². The lowest BCUT2D eigenvalue weighted by molar-refractivity contribution is 0.378. The van der Waals surface area contributed by atoms with Gasteiger partial charge in [-0.25, -0.2) is 4.98 Å². The van der Waals surface area contributed by atoms with Crippen LogP contribution in [-0.4, -0.2) is 28.9 Å². The topological polar surface area (TPSA) is 63.9 Å². The van der Waals surface area contributed by atoms with Gasteiger partial charge in [0, 0.05) is 11.3 Å². The van der Waals surface area contributed by atoms with Crippen molar-refractivity contribution in [3.8, 4) is 5.75 Å². The number of rotatable bonds is 4. The Morgan fingerprint density at radius 3 is 3.05 bits per heavy atom. The molecule has 5 heteroatoms. The smallest absolute Gasteiger partial charge is 0.166 e. The minimum Gasteiger partial charge on any atom is -0.497 e. The van der Waals surface area contributed by atoms with Gasteiger partial charge in [0.15, 0.2) is 5.16 Å². The summed E-state index contributed by atoms with van der Waals surface area (Å²) in [6.45, 7) is 0.783. The van der Waals surface area contributed by atoms with Gasteiger partial charge in [0.2, 0.25) is 0 Å². The average molecular weight is 291 g/mol. The van der Waals surface area contributed by atoms with E-state index in [0.717, 1.165) is 28.5 Å². The van der Waals surface area contributed by atoms with Crippen LogP contribution in [0, 0.1) is 5.92 Å². The molecule has 0 amide bonds. The number of aromatic nitrogens is 2. The fourth-order valence-corrected chi connectivity index (χ4v) is 4.22. The standard InChI is InChI=1S/C15H21N3OS/c1-19-11-6-7-12-13(8-11)18-15(17-12)20-14-5-3-2-4-10(14)9-16/h6-8,10,14H,2-5,9,16H2,1H3,(H,17,18). The predicted molar refractivity (Wildman–Crippen MR) is 83.3 cm³/mol. The number of thioether (sulfide) groups is 1. The van der Waals surface area contributed by atoms with Crippen molar-refractivity contribution in [2.45, 2.75) is 36.1 Å². The fraction of sp³-hybridized carbons (Fsp3) is 0.533. The summed E-state index contributed by atoms with van der Waals surface area (Å²) in [7, 11) is 1.68. The molecule has 1 heterocycles. The second-order valence-electron chi connectivity index (χ2n) is 5.36. The second-order valence-corrected chi connectivity index (χ2v) is 6.59. The van der Waals surface area contributed by atoms with E-state index in [9.17, 15) is 0 Å². The SMILES string of the molecule is COc1ccc2nc(SC3CCCCC3CN)[nH]c2c1. The fourth-order valence-electron chi connectivity index (χ4n) is 2.89. The molecule has 0 aliphatic heterocycles. The van der Waals surface area contributed by atoms with Gasteiger partial charge in [0.05, 0.1) is 18.1 Å². The summed E-state index contributed by atoms with van der Waals surface area (Å²) in [6, 6.07) is 5.94. The number of fused-ring (bicyclic) bond motifs is 1. The molecular weight excluding hydrogens is 270 g/mol. The molecule has 20 heavy (non-hydrogen) atoms. The molecule has 1 saturated carbocycles. The summed E-state index contributed by atoms with van der Waals surface area (Å²) in [6.07, 6.45) is 5.12. The van der Waals surface area contributed by atoms with Gasteiger partial charge in [0.25, 0.3) is 0 Å². The van der Waals surface area contributed by atoms with E-state index >= 15 is 0 Å². The molecule has 1 aromatic carbocycles. The van der Waals surface area contributed by atoms with Gasteiger partial charge in [-0.3, -0.25) is 0 Å². The Kier molecular flexibility index (Phi) is 4.17. The van der Waals surface area contributed by atoms with Crippen LogP contribution in [0.2, 0.25) is 0 Å². The lowest BCUT2D eigenvalue weighted by Crippen LogP contribution is -2.28. The zero-order chi connectivity index (χ0) is 13.9. The van der Waals surface area contributed by atoms with Crippen molar-refractivity contribution in [3.63, 3.8) is 0 Å². The van der Waals surface area contributed by atoms with E-state index in [0.29, 0.717) is 11.2 Å². The molecule has 1 aliphatic carbocycles. The Bertz CT molecular complexity index is 584. The van der Waals surface area contributed by atoms with Crippen molar-refractivity contribution >= 4 is 22.8 Å². The van der Waals surface area contributed by atoms with Gasteiger partial charge in [-0.1, -0.05) is 24.6 Å². The molecule has 2 unspecified atom stereocenters. The van der Waals surface area contributed by atoms with Crippen LogP contribution < -0.4 is 10.5 Å². The number of nitrogens with two attached hydrogens (primary N) is 1. The molecule has 1 aromatic heterocycles. The van der Waals surface area contributed by atoms with Crippen molar-refractivity contribution in [2.24, 2.45) is 11.7 Å². The first-order chi connectivity index (χ1) is 9.80. The third-order valence-corrected chi connectivity index (χ3v) is 5.41. The second kappa shape index (κ2) is 6.06. The maximum atomic E-state index is 5.90. The van der Waals surface area contributed by atoms with Gasteiger partial charge < -0.3 is 15.5 Å². The van der Waals surface area contributed by atoms with Crippen LogP contribution in [0.3, 0.4) is 0 Å². The van der Waals surface area contributed by atoms with E-state index in [4.69, 9.17) is 10.5 Å². The average Bonchev–Trinajstić information content (AvgIpc) is 2.89. The number of aromatic amines is 1. The van der Waals surface area contributed by atoms with E-state index < -0.39 is 0 Å². The molecule has 1 aliphatic rings. The largest absolute Gasteiger partial charge is 0.497 e. The summed E-state index contributed by atoms with van der Waals surface area (Å²) >= 11 is 1.85. The summed E-state index contributed by atoms with van der Waals surface area (Å²) in [5.74, 6) is 1.48. The molecule has 3 rings (SSSR count). The Labute approximate surface area is 123 Å². The maximum Gasteiger partial charge on any atom is 0.166 e. The van der Waals surface area contributed by atoms with Crippen LogP contribution in [0.4, 0.5) is 0 Å². The van der Waals surface area contributed by atoms with E-state index in [-0.39, 0.29) is 0 Å². The van der Waals surface area contributed by atoms with Crippen LogP contribution in [-0.2, 0) is 0 Å². The zero-order valence-corrected chi connectivity index (χ0v) is 12.6. The Morgan fingerprint density at radius 1 is 1.40 bits per heavy atom. The summed E-state index contributed by atoms with van der Waals surface area (Å²) in [4.78, 5) is 8.06. The normalized spacial score (nSPS) is 23.1. The predicted octanol–water partition coefficient (Wildman–Crippen LogP) is 3.18. The zero-order valence-electron chi connectivity index (χ0n) is 11.8. The van der Waals surface area contributed by atoms with Crippen LogP contribution in [0.15, 0.2) is 23.4 Å². The Morgan fingerprint density at radius 2 is 2.25 bits per heavy atom. The van der Waals surface area contributed by atoms with Crippen molar-refractivity contribution in [3.05, 3.63) is 18.2 Å². The highest BCUT2D eigenvalue weighted by atomic mass is 32.2. The third-order valence-electron chi connectivity index (χ3n) is 4.07. The number of nitrogens with zero attached hydrogens (tertiary/aromatic N) is 1. The Balaban J connectivity index is 1.79. The van der Waals surface area contributed by atoms with E-state index in [2.05, 4.69) is 9.97 Å². The monoisotopic (exact) mass is 291 g/mol. The molecule has 1 fully saturated rings. The first kappa shape index (κ1) is 13.8. The summed E-state index contributed by atoms with van der Waals surface area (Å²) in [5, 5.41) is 1.59. The maximum absolute atomic E-state index is 5.90. The number of H-pyrrole nitrogens is 1. The lowest BCUT2D eigenvalue weighted by Gasteiger charge is -2.29. The van der Waals surface area contributed by atoms with E-state index in [1.165, 1.54) is 25.7 Å². The highest BCUT2D eigenvalue weighted by Crippen LogP contribution is 2.36. The number of imidazole rings is 1. The number of ether oxygens (including phenoxy) is 1. The van der Waals surface area contributed by atoms with Crippen molar-refractivity contribution in [2.75, 3.05) is 13.7 Å². The Hall–Kier alpha value is -1.20. The molecule has 3 N–H and O–H groups in total.